The Morgan fingerprint density at radius 2 is 1.78 bits per heavy atom. The molecule has 5 saturated carbocycles. The van der Waals surface area contributed by atoms with E-state index in [4.69, 9.17) is 15.3 Å². The predicted molar refractivity (Wildman–Crippen MR) is 211 cm³/mol. The number of hydrogen-bond donors (Lipinski definition) is 4. The summed E-state index contributed by atoms with van der Waals surface area (Å²) in [5.41, 5.74) is 6.53. The first-order chi connectivity index (χ1) is 25.2. The summed E-state index contributed by atoms with van der Waals surface area (Å²) in [6.07, 6.45) is 7.32. The third kappa shape index (κ3) is 9.65. The van der Waals surface area contributed by atoms with Crippen LogP contribution in [0.3, 0.4) is 0 Å². The molecule has 5 aliphatic carbocycles. The van der Waals surface area contributed by atoms with Gasteiger partial charge in [-0.1, -0.05) is 27.2 Å². The Hall–Kier alpha value is -1.39. The largest absolute Gasteiger partial charge is 0.393 e. The first-order valence-corrected chi connectivity index (χ1v) is 22.8. The van der Waals surface area contributed by atoms with Crippen LogP contribution in [0.5, 0.6) is 0 Å². The van der Waals surface area contributed by atoms with Crippen molar-refractivity contribution in [1.29, 1.82) is 0 Å². The highest BCUT2D eigenvalue weighted by molar-refractivity contribution is 7.90. The van der Waals surface area contributed by atoms with Crippen LogP contribution in [-0.2, 0) is 29.0 Å². The third-order valence-electron chi connectivity index (χ3n) is 14.7. The third-order valence-corrected chi connectivity index (χ3v) is 15.7. The lowest BCUT2D eigenvalue weighted by Gasteiger charge is -2.62. The molecule has 1 saturated heterocycles. The van der Waals surface area contributed by atoms with E-state index in [1.54, 1.807) is 14.0 Å². The maximum Gasteiger partial charge on any atom is 0.240 e. The minimum atomic E-state index is -3.29. The summed E-state index contributed by atoms with van der Waals surface area (Å²) >= 11 is 0. The lowest BCUT2D eigenvalue weighted by molar-refractivity contribution is -0.186. The van der Waals surface area contributed by atoms with Gasteiger partial charge < -0.3 is 36.0 Å². The molecule has 13 nitrogen and oxygen atoms in total. The molecule has 5 N–H and O–H groups in total. The number of fused-ring (bicyclic) bond motifs is 2. The number of hydrogen-bond acceptors (Lipinski definition) is 11. The van der Waals surface area contributed by atoms with E-state index in [-0.39, 0.29) is 66.0 Å². The second kappa shape index (κ2) is 17.6. The van der Waals surface area contributed by atoms with Gasteiger partial charge in [0.05, 0.1) is 30.1 Å². The van der Waals surface area contributed by atoms with E-state index in [9.17, 15) is 23.1 Å². The van der Waals surface area contributed by atoms with E-state index in [0.29, 0.717) is 42.7 Å². The molecule has 1 aliphatic heterocycles. The minimum Gasteiger partial charge on any atom is -0.393 e. The highest BCUT2D eigenvalue weighted by Crippen LogP contribution is 2.61. The van der Waals surface area contributed by atoms with Crippen LogP contribution in [0.25, 0.3) is 0 Å². The molecule has 6 rings (SSSR count). The number of aliphatic hydroxyl groups is 1. The maximum absolute atomic E-state index is 14.4. The van der Waals surface area contributed by atoms with E-state index in [1.165, 1.54) is 12.7 Å². The van der Waals surface area contributed by atoms with Crippen molar-refractivity contribution in [3.8, 4) is 0 Å². The Labute approximate surface area is 326 Å². The van der Waals surface area contributed by atoms with Gasteiger partial charge in [0.1, 0.15) is 15.9 Å². The number of nitrogens with zero attached hydrogens (tertiary/aromatic N) is 3. The number of amides is 2. The molecule has 1 heterocycles. The molecule has 0 aromatic carbocycles. The van der Waals surface area contributed by atoms with Crippen molar-refractivity contribution >= 4 is 21.7 Å². The second-order valence-electron chi connectivity index (χ2n) is 19.2. The Balaban J connectivity index is 1.32. The number of likely N-dealkylation sites (N-methyl/N-ethyl adjacent to an activating group) is 1. The predicted octanol–water partition coefficient (Wildman–Crippen LogP) is 1.98. The molecule has 14 heteroatoms. The molecule has 0 radical (unpaired) electrons. The van der Waals surface area contributed by atoms with E-state index >= 15 is 0 Å². The summed E-state index contributed by atoms with van der Waals surface area (Å²) < 4.78 is 30.9. The molecular weight excluding hydrogens is 709 g/mol. The van der Waals surface area contributed by atoms with Crippen molar-refractivity contribution in [2.24, 2.45) is 58.5 Å². The zero-order valence-electron chi connectivity index (χ0n) is 34.9. The topological polar surface area (TPSA) is 167 Å². The minimum absolute atomic E-state index is 0.0727. The van der Waals surface area contributed by atoms with Crippen molar-refractivity contribution in [1.82, 2.24) is 25.5 Å². The Kier molecular flexibility index (Phi) is 14.3. The van der Waals surface area contributed by atoms with Gasteiger partial charge in [-0.25, -0.2) is 8.42 Å². The lowest BCUT2D eigenvalue weighted by Crippen LogP contribution is -2.62. The van der Waals surface area contributed by atoms with Gasteiger partial charge in [0.15, 0.2) is 0 Å². The maximum atomic E-state index is 14.4. The van der Waals surface area contributed by atoms with Gasteiger partial charge in [0, 0.05) is 62.8 Å². The van der Waals surface area contributed by atoms with E-state index in [2.05, 4.69) is 50.4 Å². The van der Waals surface area contributed by atoms with Crippen molar-refractivity contribution in [3.63, 3.8) is 0 Å². The fraction of sp³-hybridized carbons (Fsp3) is 0.950. The van der Waals surface area contributed by atoms with Crippen molar-refractivity contribution in [2.75, 3.05) is 66.9 Å². The summed E-state index contributed by atoms with van der Waals surface area (Å²) in [5.74, 6) is 1.10. The van der Waals surface area contributed by atoms with E-state index in [1.807, 2.05) is 24.1 Å². The van der Waals surface area contributed by atoms with E-state index in [0.717, 1.165) is 38.5 Å². The first kappa shape index (κ1) is 43.7. The zero-order valence-corrected chi connectivity index (χ0v) is 35.7. The summed E-state index contributed by atoms with van der Waals surface area (Å²) in [7, 11) is 6.39. The summed E-state index contributed by atoms with van der Waals surface area (Å²) in [6, 6.07) is -0.860. The Morgan fingerprint density at radius 1 is 1.07 bits per heavy atom. The Morgan fingerprint density at radius 3 is 2.33 bits per heavy atom. The molecule has 312 valence electrons. The summed E-state index contributed by atoms with van der Waals surface area (Å²) in [5, 5.41) is 19.4. The molecule has 7 unspecified atom stereocenters. The van der Waals surface area contributed by atoms with Crippen molar-refractivity contribution in [2.45, 2.75) is 122 Å². The molecule has 0 aromatic rings. The number of ether oxygens (including phenoxy) is 1. The molecule has 15 atom stereocenters. The summed E-state index contributed by atoms with van der Waals surface area (Å²) in [6.45, 7) is 9.85. The molecular formula is C40H74N6O7S. The molecule has 0 spiro atoms. The molecule has 6 aliphatic rings. The molecule has 0 aromatic heterocycles. The number of carbonyl (C=O) groups excluding carboxylic acids is 2. The fourth-order valence-corrected chi connectivity index (χ4v) is 12.6. The van der Waals surface area contributed by atoms with Crippen LogP contribution in [0.1, 0.15) is 79.1 Å². The number of nitrogens with two attached hydrogens (primary N) is 1. The molecule has 2 amide bonds. The SMILES string of the molecule is COC1C(CN2O[C@@H](CN)[C@@H]([C@H](C)O)[C@H]2C(=O)N[C@@H]2C[C@H]3CC([C@@H]2C)C3(C)C)CCCC1C1CC(C(=O)N[C@H](CN(C)C)CS(C)(=O)=O)CC(N(C)C)C1. The van der Waals surface area contributed by atoms with Crippen LogP contribution in [0.2, 0.25) is 0 Å². The monoisotopic (exact) mass is 783 g/mol. The smallest absolute Gasteiger partial charge is 0.240 e. The first-order valence-electron chi connectivity index (χ1n) is 20.7. The number of rotatable bonds is 15. The van der Waals surface area contributed by atoms with Crippen LogP contribution in [0.15, 0.2) is 0 Å². The van der Waals surface area contributed by atoms with Gasteiger partial charge in [0.25, 0.3) is 0 Å². The Bertz CT molecular complexity index is 1400. The molecule has 6 fully saturated rings. The average molecular weight is 783 g/mol. The highest BCUT2D eigenvalue weighted by Gasteiger charge is 2.58. The van der Waals surface area contributed by atoms with Crippen molar-refractivity contribution < 1.29 is 32.7 Å². The van der Waals surface area contributed by atoms with Gasteiger partial charge in [-0.05, 0) is 115 Å². The van der Waals surface area contributed by atoms with E-state index < -0.39 is 40.0 Å². The van der Waals surface area contributed by atoms with Crippen LogP contribution in [0.4, 0.5) is 0 Å². The quantitative estimate of drug-likeness (QED) is 0.192. The van der Waals surface area contributed by atoms with Gasteiger partial charge in [-0.15, -0.1) is 0 Å². The highest BCUT2D eigenvalue weighted by atomic mass is 32.2. The molecule has 2 bridgehead atoms. The lowest BCUT2D eigenvalue weighted by atomic mass is 9.45. The number of methoxy groups -OCH3 is 1. The second-order valence-corrected chi connectivity index (χ2v) is 21.4. The van der Waals surface area contributed by atoms with Gasteiger partial charge in [-0.3, -0.25) is 14.4 Å². The van der Waals surface area contributed by atoms with Crippen molar-refractivity contribution in [3.05, 3.63) is 0 Å². The van der Waals surface area contributed by atoms with Crippen LogP contribution in [-0.4, -0.2) is 150 Å². The number of sulfone groups is 1. The number of carbonyl (C=O) groups is 2. The zero-order chi connectivity index (χ0) is 39.9. The van der Waals surface area contributed by atoms with Gasteiger partial charge in [0.2, 0.25) is 11.8 Å². The van der Waals surface area contributed by atoms with Crippen LogP contribution >= 0.6 is 0 Å². The van der Waals surface area contributed by atoms with Crippen LogP contribution < -0.4 is 16.4 Å². The van der Waals surface area contributed by atoms with Gasteiger partial charge in [-0.2, -0.15) is 5.06 Å². The van der Waals surface area contributed by atoms with Gasteiger partial charge >= 0.3 is 0 Å². The normalized spacial score (nSPS) is 39.6. The number of nitrogens with one attached hydrogen (secondary N) is 2. The standard InChI is InChI=1S/C40H74N6O7S/c1-23-32-17-28(40(32,3)4)18-33(23)43-39(49)36-35(24(2)47)34(19-41)53-46(36)20-25-12-11-13-31(37(25)52-9)26-14-27(16-30(15-26)45(7)8)38(48)42-29(21-44(5)6)22-54(10,50)51/h23-37,47H,11-22,41H2,1-10H3,(H,42,48)(H,43,49)/t23-,24-,25?,26?,27?,28+,29+,30?,31?,32?,33+,34-,35+,36-,37?/m0/s1. The number of hydroxylamine groups is 2. The number of aliphatic hydroxyl groups excluding tert-OH is 1. The van der Waals surface area contributed by atoms with Crippen LogP contribution in [0, 0.1) is 52.8 Å². The summed E-state index contributed by atoms with van der Waals surface area (Å²) in [4.78, 5) is 38.9. The molecule has 54 heavy (non-hydrogen) atoms. The fourth-order valence-electron chi connectivity index (χ4n) is 11.7. The average Bonchev–Trinajstić information content (AvgIpc) is 3.46.